The maximum atomic E-state index is 11.6. The molecule has 0 aromatic carbocycles. The Balaban J connectivity index is 2.64. The molecule has 13 heavy (non-hydrogen) atoms. The minimum atomic E-state index is -3.17. The van der Waals surface area contributed by atoms with Gasteiger partial charge in [-0.15, -0.1) is 0 Å². The summed E-state index contributed by atoms with van der Waals surface area (Å²) in [6.07, 6.45) is 0. The van der Waals surface area contributed by atoms with Gasteiger partial charge in [-0.05, 0) is 0 Å². The Kier molecular flexibility index (Phi) is 3.28. The summed E-state index contributed by atoms with van der Waals surface area (Å²) in [6, 6.07) is 0. The molecule has 6 heteroatoms. The van der Waals surface area contributed by atoms with E-state index in [1.165, 1.54) is 9.21 Å². The standard InChI is InChI=1S/C7H17N3O2S/c1-8(2)13(11,12)10-6-4-9(3)5-7-10/h4-7H2,1-3H3/p+1. The first-order valence-corrected chi connectivity index (χ1v) is 5.83. The molecule has 5 nitrogen and oxygen atoms in total. The average molecular weight is 208 g/mol. The van der Waals surface area contributed by atoms with Crippen LogP contribution in [0.5, 0.6) is 0 Å². The topological polar surface area (TPSA) is 45.1 Å². The van der Waals surface area contributed by atoms with Crippen molar-refractivity contribution < 1.29 is 13.3 Å². The van der Waals surface area contributed by atoms with Crippen LogP contribution < -0.4 is 4.90 Å². The second kappa shape index (κ2) is 3.91. The second-order valence-electron chi connectivity index (χ2n) is 3.65. The van der Waals surface area contributed by atoms with Gasteiger partial charge in [0.1, 0.15) is 0 Å². The molecule has 0 aromatic rings. The molecule has 0 amide bonds. The van der Waals surface area contributed by atoms with E-state index in [9.17, 15) is 8.42 Å². The van der Waals surface area contributed by atoms with E-state index in [4.69, 9.17) is 0 Å². The summed E-state index contributed by atoms with van der Waals surface area (Å²) in [7, 11) is 2.05. The van der Waals surface area contributed by atoms with Crippen molar-refractivity contribution in [3.63, 3.8) is 0 Å². The summed E-state index contributed by atoms with van der Waals surface area (Å²) in [6.45, 7) is 3.05. The molecule has 0 aliphatic carbocycles. The van der Waals surface area contributed by atoms with E-state index in [2.05, 4.69) is 7.05 Å². The van der Waals surface area contributed by atoms with Gasteiger partial charge in [0.05, 0.1) is 33.2 Å². The highest BCUT2D eigenvalue weighted by Crippen LogP contribution is 2.03. The van der Waals surface area contributed by atoms with Gasteiger partial charge in [-0.3, -0.25) is 0 Å². The van der Waals surface area contributed by atoms with Crippen molar-refractivity contribution in [2.75, 3.05) is 47.3 Å². The van der Waals surface area contributed by atoms with Crippen molar-refractivity contribution in [3.05, 3.63) is 0 Å². The number of rotatable bonds is 2. The lowest BCUT2D eigenvalue weighted by Crippen LogP contribution is -3.12. The van der Waals surface area contributed by atoms with Gasteiger partial charge in [-0.2, -0.15) is 17.0 Å². The van der Waals surface area contributed by atoms with E-state index >= 15 is 0 Å². The van der Waals surface area contributed by atoms with Crippen molar-refractivity contribution in [3.8, 4) is 0 Å². The predicted octanol–water partition coefficient (Wildman–Crippen LogP) is -2.38. The number of hydrogen-bond acceptors (Lipinski definition) is 2. The Labute approximate surface area is 80.1 Å². The largest absolute Gasteiger partial charge is 0.335 e. The first-order valence-electron chi connectivity index (χ1n) is 4.43. The molecule has 0 bridgehead atoms. The highest BCUT2D eigenvalue weighted by atomic mass is 32.2. The second-order valence-corrected chi connectivity index (χ2v) is 5.79. The number of likely N-dealkylation sites (N-methyl/N-ethyl adjacent to an activating group) is 1. The molecule has 0 atom stereocenters. The molecule has 78 valence electrons. The van der Waals surface area contributed by atoms with Gasteiger partial charge in [0.15, 0.2) is 0 Å². The van der Waals surface area contributed by atoms with Gasteiger partial charge in [-0.25, -0.2) is 0 Å². The number of nitrogens with one attached hydrogen (secondary N) is 1. The predicted molar refractivity (Wildman–Crippen MR) is 50.8 cm³/mol. The maximum absolute atomic E-state index is 11.6. The fourth-order valence-electron chi connectivity index (χ4n) is 1.33. The van der Waals surface area contributed by atoms with Crippen LogP contribution >= 0.6 is 0 Å². The SMILES string of the molecule is CN(C)S(=O)(=O)N1CC[NH+](C)CC1. The Hall–Kier alpha value is -0.170. The molecule has 0 unspecified atom stereocenters. The van der Waals surface area contributed by atoms with Crippen LogP contribution in [0.25, 0.3) is 0 Å². The summed E-state index contributed by atoms with van der Waals surface area (Å²) >= 11 is 0. The van der Waals surface area contributed by atoms with Gasteiger partial charge in [0, 0.05) is 14.1 Å². The molecule has 0 aromatic heterocycles. The number of piperazine rings is 1. The van der Waals surface area contributed by atoms with Gasteiger partial charge >= 0.3 is 0 Å². The van der Waals surface area contributed by atoms with Crippen molar-refractivity contribution in [1.82, 2.24) is 8.61 Å². The van der Waals surface area contributed by atoms with Crippen molar-refractivity contribution in [2.45, 2.75) is 0 Å². The zero-order valence-corrected chi connectivity index (χ0v) is 9.26. The lowest BCUT2D eigenvalue weighted by atomic mass is 10.4. The van der Waals surface area contributed by atoms with Crippen LogP contribution in [-0.4, -0.2) is 64.4 Å². The van der Waals surface area contributed by atoms with Crippen molar-refractivity contribution >= 4 is 10.2 Å². The van der Waals surface area contributed by atoms with Gasteiger partial charge in [-0.1, -0.05) is 0 Å². The highest BCUT2D eigenvalue weighted by molar-refractivity contribution is 7.86. The summed E-state index contributed by atoms with van der Waals surface area (Å²) in [5, 5.41) is 0. The quantitative estimate of drug-likeness (QED) is 0.551. The highest BCUT2D eigenvalue weighted by Gasteiger charge is 2.28. The molecule has 0 radical (unpaired) electrons. The molecular weight excluding hydrogens is 190 g/mol. The molecular formula is C7H18N3O2S+. The molecule has 0 saturated carbocycles. The maximum Gasteiger partial charge on any atom is 0.281 e. The Bertz CT molecular complexity index is 255. The third kappa shape index (κ3) is 2.40. The number of hydrogen-bond donors (Lipinski definition) is 1. The first kappa shape index (κ1) is 10.9. The molecule has 1 heterocycles. The molecule has 1 N–H and O–H groups in total. The zero-order chi connectivity index (χ0) is 10.1. The minimum Gasteiger partial charge on any atom is -0.335 e. The Morgan fingerprint density at radius 3 is 2.08 bits per heavy atom. The van der Waals surface area contributed by atoms with Crippen LogP contribution in [-0.2, 0) is 10.2 Å². The van der Waals surface area contributed by atoms with E-state index in [0.29, 0.717) is 13.1 Å². The fourth-order valence-corrected chi connectivity index (χ4v) is 2.44. The normalized spacial score (nSPS) is 22.5. The molecule has 1 aliphatic rings. The van der Waals surface area contributed by atoms with Crippen LogP contribution in [0.15, 0.2) is 0 Å². The lowest BCUT2D eigenvalue weighted by Gasteiger charge is -2.30. The average Bonchev–Trinajstić information content (AvgIpc) is 2.04. The first-order chi connectivity index (χ1) is 5.94. The summed E-state index contributed by atoms with van der Waals surface area (Å²) in [5.41, 5.74) is 0. The summed E-state index contributed by atoms with van der Waals surface area (Å²) in [5.74, 6) is 0. The number of quaternary nitrogens is 1. The fraction of sp³-hybridized carbons (Fsp3) is 1.00. The third-order valence-electron chi connectivity index (χ3n) is 2.36. The lowest BCUT2D eigenvalue weighted by molar-refractivity contribution is -0.883. The van der Waals surface area contributed by atoms with E-state index in [-0.39, 0.29) is 0 Å². The molecule has 1 aliphatic heterocycles. The summed E-state index contributed by atoms with van der Waals surface area (Å²) in [4.78, 5) is 1.39. The Morgan fingerprint density at radius 1 is 1.23 bits per heavy atom. The van der Waals surface area contributed by atoms with E-state index < -0.39 is 10.2 Å². The van der Waals surface area contributed by atoms with E-state index in [0.717, 1.165) is 13.1 Å². The van der Waals surface area contributed by atoms with Gasteiger partial charge < -0.3 is 4.90 Å². The van der Waals surface area contributed by atoms with Crippen LogP contribution in [0.3, 0.4) is 0 Å². The zero-order valence-electron chi connectivity index (χ0n) is 8.45. The monoisotopic (exact) mass is 208 g/mol. The molecule has 0 spiro atoms. The van der Waals surface area contributed by atoms with Crippen LogP contribution in [0.2, 0.25) is 0 Å². The van der Waals surface area contributed by atoms with Gasteiger partial charge in [0.25, 0.3) is 10.2 Å². The molecule has 1 rings (SSSR count). The summed E-state index contributed by atoms with van der Waals surface area (Å²) < 4.78 is 26.1. The van der Waals surface area contributed by atoms with E-state index in [1.807, 2.05) is 0 Å². The van der Waals surface area contributed by atoms with E-state index in [1.54, 1.807) is 18.4 Å². The van der Waals surface area contributed by atoms with Crippen LogP contribution in [0.4, 0.5) is 0 Å². The van der Waals surface area contributed by atoms with Crippen LogP contribution in [0.1, 0.15) is 0 Å². The smallest absolute Gasteiger partial charge is 0.281 e. The molecule has 1 fully saturated rings. The van der Waals surface area contributed by atoms with Gasteiger partial charge in [0.2, 0.25) is 0 Å². The van der Waals surface area contributed by atoms with Crippen LogP contribution in [0, 0.1) is 0 Å². The number of nitrogens with zero attached hydrogens (tertiary/aromatic N) is 2. The molecule has 1 saturated heterocycles. The Morgan fingerprint density at radius 2 is 1.69 bits per heavy atom. The van der Waals surface area contributed by atoms with Crippen molar-refractivity contribution in [1.29, 1.82) is 0 Å². The van der Waals surface area contributed by atoms with Crippen molar-refractivity contribution in [2.24, 2.45) is 0 Å². The third-order valence-corrected chi connectivity index (χ3v) is 4.30. The minimum absolute atomic E-state index is 0.631.